The molecule has 0 spiro atoms. The van der Waals surface area contributed by atoms with E-state index in [2.05, 4.69) is 6.92 Å². The van der Waals surface area contributed by atoms with Gasteiger partial charge < -0.3 is 14.9 Å². The molecule has 134 valence electrons. The molecule has 0 aromatic carbocycles. The second-order valence-corrected chi connectivity index (χ2v) is 6.68. The summed E-state index contributed by atoms with van der Waals surface area (Å²) < 4.78 is 5.17. The molecular weight excluding hydrogens is 296 g/mol. The van der Waals surface area contributed by atoms with Crippen LogP contribution in [0.4, 0.5) is 0 Å². The van der Waals surface area contributed by atoms with Gasteiger partial charge >= 0.3 is 11.9 Å². The zero-order valence-electron chi connectivity index (χ0n) is 14.3. The van der Waals surface area contributed by atoms with E-state index in [4.69, 9.17) is 4.74 Å². The first-order valence-corrected chi connectivity index (χ1v) is 9.13. The lowest BCUT2D eigenvalue weighted by Crippen LogP contribution is -2.35. The largest absolute Gasteiger partial charge is 0.481 e. The number of aliphatic hydroxyl groups excluding tert-OH is 1. The van der Waals surface area contributed by atoms with Crippen LogP contribution in [-0.2, 0) is 14.3 Å². The number of aliphatic carboxylic acids is 1. The van der Waals surface area contributed by atoms with Gasteiger partial charge in [0.25, 0.3) is 0 Å². The monoisotopic (exact) mass is 328 g/mol. The molecule has 1 rings (SSSR count). The molecule has 0 heterocycles. The number of aliphatic hydroxyl groups is 1. The number of carboxylic acids is 1. The minimum atomic E-state index is -0.917. The Kier molecular flexibility index (Phi) is 9.92. The standard InChI is InChI=1S/C18H32O5/c1-2-3-4-5-6-7-10-14(19)13-23-18(22)16-12-9-8-11-15(16)17(20)21/h14-16,19H,2-13H2,1H3,(H,20,21). The van der Waals surface area contributed by atoms with E-state index in [0.29, 0.717) is 19.3 Å². The molecule has 1 aliphatic carbocycles. The first kappa shape index (κ1) is 19.9. The fourth-order valence-electron chi connectivity index (χ4n) is 3.24. The number of carbonyl (C=O) groups excluding carboxylic acids is 1. The Morgan fingerprint density at radius 1 is 1.04 bits per heavy atom. The van der Waals surface area contributed by atoms with Gasteiger partial charge in [-0.2, -0.15) is 0 Å². The van der Waals surface area contributed by atoms with Gasteiger partial charge in [0, 0.05) is 0 Å². The van der Waals surface area contributed by atoms with Gasteiger partial charge in [0.05, 0.1) is 17.9 Å². The predicted octanol–water partition coefficient (Wildman–Crippen LogP) is 3.53. The van der Waals surface area contributed by atoms with Gasteiger partial charge in [-0.3, -0.25) is 9.59 Å². The molecule has 3 atom stereocenters. The second kappa shape index (κ2) is 11.4. The maximum absolute atomic E-state index is 12.1. The number of unbranched alkanes of at least 4 members (excludes halogenated alkanes) is 5. The zero-order chi connectivity index (χ0) is 17.1. The van der Waals surface area contributed by atoms with E-state index < -0.39 is 29.9 Å². The van der Waals surface area contributed by atoms with Crippen LogP contribution in [0.3, 0.4) is 0 Å². The molecule has 0 aromatic heterocycles. The lowest BCUT2D eigenvalue weighted by molar-refractivity contribution is -0.161. The Bertz CT molecular complexity index is 355. The highest BCUT2D eigenvalue weighted by Crippen LogP contribution is 2.31. The van der Waals surface area contributed by atoms with Crippen molar-refractivity contribution in [3.05, 3.63) is 0 Å². The van der Waals surface area contributed by atoms with E-state index in [0.717, 1.165) is 25.7 Å². The molecule has 0 aliphatic heterocycles. The summed E-state index contributed by atoms with van der Waals surface area (Å²) in [5.74, 6) is -2.56. The molecule has 5 nitrogen and oxygen atoms in total. The number of ether oxygens (including phenoxy) is 1. The van der Waals surface area contributed by atoms with Crippen molar-refractivity contribution in [2.45, 2.75) is 83.7 Å². The van der Waals surface area contributed by atoms with Crippen LogP contribution >= 0.6 is 0 Å². The molecule has 0 saturated heterocycles. The molecule has 0 amide bonds. The second-order valence-electron chi connectivity index (χ2n) is 6.68. The van der Waals surface area contributed by atoms with Crippen molar-refractivity contribution < 1.29 is 24.5 Å². The van der Waals surface area contributed by atoms with Crippen molar-refractivity contribution in [3.8, 4) is 0 Å². The SMILES string of the molecule is CCCCCCCCC(O)COC(=O)C1CCCCC1C(=O)O. The van der Waals surface area contributed by atoms with Crippen LogP contribution in [-0.4, -0.2) is 34.9 Å². The van der Waals surface area contributed by atoms with Crippen molar-refractivity contribution in [1.82, 2.24) is 0 Å². The van der Waals surface area contributed by atoms with Gasteiger partial charge in [-0.1, -0.05) is 58.3 Å². The van der Waals surface area contributed by atoms with Crippen LogP contribution in [0.2, 0.25) is 0 Å². The summed E-state index contributed by atoms with van der Waals surface area (Å²) in [6, 6.07) is 0. The smallest absolute Gasteiger partial charge is 0.309 e. The Balaban J connectivity index is 2.19. The lowest BCUT2D eigenvalue weighted by atomic mass is 9.79. The summed E-state index contributed by atoms with van der Waals surface area (Å²) in [4.78, 5) is 23.3. The topological polar surface area (TPSA) is 83.8 Å². The third kappa shape index (κ3) is 7.82. The maximum Gasteiger partial charge on any atom is 0.309 e. The van der Waals surface area contributed by atoms with Crippen LogP contribution in [0.1, 0.15) is 77.6 Å². The third-order valence-electron chi connectivity index (χ3n) is 4.69. The summed E-state index contributed by atoms with van der Waals surface area (Å²) in [6.45, 7) is 2.16. The molecule has 3 unspecified atom stereocenters. The van der Waals surface area contributed by atoms with Crippen LogP contribution in [0.5, 0.6) is 0 Å². The molecular formula is C18H32O5. The van der Waals surface area contributed by atoms with Crippen molar-refractivity contribution >= 4 is 11.9 Å². The van der Waals surface area contributed by atoms with Crippen molar-refractivity contribution in [2.24, 2.45) is 11.8 Å². The minimum Gasteiger partial charge on any atom is -0.481 e. The van der Waals surface area contributed by atoms with Crippen molar-refractivity contribution in [2.75, 3.05) is 6.61 Å². The Labute approximate surface area is 139 Å². The van der Waals surface area contributed by atoms with Crippen molar-refractivity contribution in [1.29, 1.82) is 0 Å². The first-order chi connectivity index (χ1) is 11.1. The highest BCUT2D eigenvalue weighted by molar-refractivity contribution is 5.81. The molecule has 1 saturated carbocycles. The van der Waals surface area contributed by atoms with Crippen LogP contribution in [0.15, 0.2) is 0 Å². The summed E-state index contributed by atoms with van der Waals surface area (Å²) in [6.07, 6.45) is 9.73. The summed E-state index contributed by atoms with van der Waals surface area (Å²) in [5, 5.41) is 19.1. The van der Waals surface area contributed by atoms with E-state index in [1.807, 2.05) is 0 Å². The molecule has 0 aromatic rings. The van der Waals surface area contributed by atoms with Crippen LogP contribution in [0, 0.1) is 11.8 Å². The van der Waals surface area contributed by atoms with Gasteiger partial charge in [0.15, 0.2) is 0 Å². The average Bonchev–Trinajstić information content (AvgIpc) is 2.55. The minimum absolute atomic E-state index is 0.0172. The van der Waals surface area contributed by atoms with E-state index in [1.165, 1.54) is 25.7 Å². The number of hydrogen-bond donors (Lipinski definition) is 2. The molecule has 2 N–H and O–H groups in total. The van der Waals surface area contributed by atoms with Gasteiger partial charge in [0.1, 0.15) is 6.61 Å². The maximum atomic E-state index is 12.1. The Morgan fingerprint density at radius 2 is 1.65 bits per heavy atom. The van der Waals surface area contributed by atoms with Crippen LogP contribution < -0.4 is 0 Å². The van der Waals surface area contributed by atoms with E-state index in [9.17, 15) is 19.8 Å². The summed E-state index contributed by atoms with van der Waals surface area (Å²) >= 11 is 0. The molecule has 1 aliphatic rings. The summed E-state index contributed by atoms with van der Waals surface area (Å²) in [7, 11) is 0. The van der Waals surface area contributed by atoms with Gasteiger partial charge in [0.2, 0.25) is 0 Å². The number of carboxylic acid groups (broad SMARTS) is 1. The third-order valence-corrected chi connectivity index (χ3v) is 4.69. The normalized spacial score (nSPS) is 22.5. The van der Waals surface area contributed by atoms with Gasteiger partial charge in [-0.25, -0.2) is 0 Å². The van der Waals surface area contributed by atoms with E-state index in [1.54, 1.807) is 0 Å². The molecule has 0 radical (unpaired) electrons. The van der Waals surface area contributed by atoms with Crippen LogP contribution in [0.25, 0.3) is 0 Å². The fraction of sp³-hybridized carbons (Fsp3) is 0.889. The first-order valence-electron chi connectivity index (χ1n) is 9.13. The predicted molar refractivity (Wildman–Crippen MR) is 88.0 cm³/mol. The zero-order valence-corrected chi connectivity index (χ0v) is 14.3. The number of hydrogen-bond acceptors (Lipinski definition) is 4. The number of rotatable bonds is 11. The van der Waals surface area contributed by atoms with E-state index >= 15 is 0 Å². The highest BCUT2D eigenvalue weighted by Gasteiger charge is 2.36. The molecule has 1 fully saturated rings. The van der Waals surface area contributed by atoms with E-state index in [-0.39, 0.29) is 6.61 Å². The molecule has 23 heavy (non-hydrogen) atoms. The summed E-state index contributed by atoms with van der Waals surface area (Å²) in [5.41, 5.74) is 0. The molecule has 5 heteroatoms. The molecule has 0 bridgehead atoms. The quantitative estimate of drug-likeness (QED) is 0.448. The highest BCUT2D eigenvalue weighted by atomic mass is 16.5. The lowest BCUT2D eigenvalue weighted by Gasteiger charge is -2.27. The number of carbonyl (C=O) groups is 2. The average molecular weight is 328 g/mol. The van der Waals surface area contributed by atoms with Gasteiger partial charge in [-0.15, -0.1) is 0 Å². The Morgan fingerprint density at radius 3 is 2.30 bits per heavy atom. The Hall–Kier alpha value is -1.10. The number of esters is 1. The van der Waals surface area contributed by atoms with Crippen molar-refractivity contribution in [3.63, 3.8) is 0 Å². The fourth-order valence-corrected chi connectivity index (χ4v) is 3.24. The van der Waals surface area contributed by atoms with Gasteiger partial charge in [-0.05, 0) is 19.3 Å².